The molecule has 0 aliphatic carbocycles. The molecular weight excluding hydrogens is 531 g/mol. The monoisotopic (exact) mass is 568 g/mol. The van der Waals surface area contributed by atoms with Crippen molar-refractivity contribution in [3.63, 3.8) is 0 Å². The molecule has 0 saturated carbocycles. The number of aromatic hydroxyl groups is 1. The topological polar surface area (TPSA) is 76.0 Å². The van der Waals surface area contributed by atoms with Crippen molar-refractivity contribution in [1.29, 1.82) is 0 Å². The summed E-state index contributed by atoms with van der Waals surface area (Å²) in [5, 5.41) is 12.9. The number of carbonyl (C=O) groups is 1. The second-order valence-electron chi connectivity index (χ2n) is 11.9. The van der Waals surface area contributed by atoms with E-state index in [2.05, 4.69) is 42.3 Å². The molecule has 2 aliphatic heterocycles. The highest BCUT2D eigenvalue weighted by atomic mass is 19.1. The molecule has 8 nitrogen and oxygen atoms in total. The molecule has 2 atom stereocenters. The number of carbonyl (C=O) groups excluding carboxylic acids is 1. The van der Waals surface area contributed by atoms with E-state index in [0.717, 1.165) is 29.4 Å². The summed E-state index contributed by atoms with van der Waals surface area (Å²) in [6.07, 6.45) is 1.35. The number of aryl methyl sites for hydroxylation is 1. The lowest BCUT2D eigenvalue weighted by molar-refractivity contribution is -0.128. The summed E-state index contributed by atoms with van der Waals surface area (Å²) in [7, 11) is 4.10. The standard InChI is InChI=1S/C33H37FN6O2/c1-7-28(42)39-15-21(4)40(16-20(39)3)32-27-12-19(2)29(26-14-24(41)13-22-10-8-9-11-25(22)26)30(34)31(27)35-33(36-32)38-17-23(18-38)37(5)6/h7-14,20-21,23,41H,1,15-18H2,2-6H3/t20-,21+/m1/s1. The van der Waals surface area contributed by atoms with Gasteiger partial charge in [0.25, 0.3) is 0 Å². The predicted molar refractivity (Wildman–Crippen MR) is 167 cm³/mol. The first-order valence-electron chi connectivity index (χ1n) is 14.4. The third-order valence-corrected chi connectivity index (χ3v) is 8.80. The van der Waals surface area contributed by atoms with Crippen molar-refractivity contribution in [2.75, 3.05) is 50.1 Å². The van der Waals surface area contributed by atoms with Crippen LogP contribution in [-0.2, 0) is 4.79 Å². The van der Waals surface area contributed by atoms with Gasteiger partial charge in [-0.1, -0.05) is 30.8 Å². The third kappa shape index (κ3) is 4.61. The molecule has 1 N–H and O–H groups in total. The summed E-state index contributed by atoms with van der Waals surface area (Å²) >= 11 is 0. The molecule has 2 saturated heterocycles. The Morgan fingerprint density at radius 3 is 2.50 bits per heavy atom. The summed E-state index contributed by atoms with van der Waals surface area (Å²) < 4.78 is 16.9. The van der Waals surface area contributed by atoms with Crippen molar-refractivity contribution in [3.8, 4) is 16.9 Å². The molecule has 3 heterocycles. The van der Waals surface area contributed by atoms with Crippen molar-refractivity contribution in [1.82, 2.24) is 19.8 Å². The summed E-state index contributed by atoms with van der Waals surface area (Å²) in [5.41, 5.74) is 2.02. The molecule has 0 bridgehead atoms. The van der Waals surface area contributed by atoms with Gasteiger partial charge >= 0.3 is 0 Å². The predicted octanol–water partition coefficient (Wildman–Crippen LogP) is 4.96. The van der Waals surface area contributed by atoms with Crippen LogP contribution < -0.4 is 9.80 Å². The Balaban J connectivity index is 1.54. The Hall–Kier alpha value is -4.24. The lowest BCUT2D eigenvalue weighted by atomic mass is 9.92. The number of nitrogens with zero attached hydrogens (tertiary/aromatic N) is 6. The summed E-state index contributed by atoms with van der Waals surface area (Å²) in [6, 6.07) is 13.2. The Labute approximate surface area is 245 Å². The van der Waals surface area contributed by atoms with Crippen LogP contribution in [0.25, 0.3) is 32.8 Å². The number of fused-ring (bicyclic) bond motifs is 2. The number of halogens is 1. The van der Waals surface area contributed by atoms with E-state index in [9.17, 15) is 9.90 Å². The second-order valence-corrected chi connectivity index (χ2v) is 11.9. The van der Waals surface area contributed by atoms with Gasteiger partial charge in [-0.15, -0.1) is 0 Å². The van der Waals surface area contributed by atoms with E-state index in [4.69, 9.17) is 9.97 Å². The number of phenols is 1. The van der Waals surface area contributed by atoms with Gasteiger partial charge in [0.1, 0.15) is 17.1 Å². The minimum atomic E-state index is -0.434. The molecule has 3 aromatic carbocycles. The van der Waals surface area contributed by atoms with Gasteiger partial charge in [-0.3, -0.25) is 4.79 Å². The Kier molecular flexibility index (Phi) is 7.01. The van der Waals surface area contributed by atoms with Crippen molar-refractivity contribution in [2.24, 2.45) is 0 Å². The van der Waals surface area contributed by atoms with E-state index in [1.54, 1.807) is 12.1 Å². The van der Waals surface area contributed by atoms with Crippen molar-refractivity contribution < 1.29 is 14.3 Å². The fourth-order valence-corrected chi connectivity index (χ4v) is 6.31. The molecule has 6 rings (SSSR count). The summed E-state index contributed by atoms with van der Waals surface area (Å²) in [5.74, 6) is 0.716. The van der Waals surface area contributed by atoms with Crippen LogP contribution >= 0.6 is 0 Å². The van der Waals surface area contributed by atoms with Gasteiger partial charge < -0.3 is 24.7 Å². The Morgan fingerprint density at radius 1 is 1.05 bits per heavy atom. The van der Waals surface area contributed by atoms with Crippen LogP contribution in [0.1, 0.15) is 19.4 Å². The smallest absolute Gasteiger partial charge is 0.246 e. The number of rotatable bonds is 5. The summed E-state index contributed by atoms with van der Waals surface area (Å²) in [4.78, 5) is 30.7. The Morgan fingerprint density at radius 2 is 1.79 bits per heavy atom. The molecule has 1 aromatic heterocycles. The average molecular weight is 569 g/mol. The molecule has 0 unspecified atom stereocenters. The maximum absolute atomic E-state index is 16.9. The van der Waals surface area contributed by atoms with E-state index >= 15 is 4.39 Å². The van der Waals surface area contributed by atoms with Crippen LogP contribution in [0.3, 0.4) is 0 Å². The normalized spacial score (nSPS) is 19.5. The van der Waals surface area contributed by atoms with Gasteiger partial charge in [-0.25, -0.2) is 9.37 Å². The van der Waals surface area contributed by atoms with Crippen LogP contribution in [0.4, 0.5) is 16.2 Å². The van der Waals surface area contributed by atoms with Gasteiger partial charge in [0.05, 0.1) is 0 Å². The number of phenolic OH excluding ortho intramolecular Hbond substituents is 1. The van der Waals surface area contributed by atoms with Crippen molar-refractivity contribution in [2.45, 2.75) is 38.9 Å². The van der Waals surface area contributed by atoms with E-state index in [1.807, 2.05) is 49.1 Å². The lowest BCUT2D eigenvalue weighted by Gasteiger charge is -2.45. The molecule has 1 amide bonds. The average Bonchev–Trinajstić information content (AvgIpc) is 2.92. The zero-order valence-corrected chi connectivity index (χ0v) is 24.8. The zero-order valence-electron chi connectivity index (χ0n) is 24.8. The highest BCUT2D eigenvalue weighted by Gasteiger charge is 2.36. The lowest BCUT2D eigenvalue weighted by Crippen LogP contribution is -2.59. The molecule has 0 radical (unpaired) electrons. The van der Waals surface area contributed by atoms with Crippen LogP contribution in [0, 0.1) is 12.7 Å². The molecule has 4 aromatic rings. The number of aromatic nitrogens is 2. The fourth-order valence-electron chi connectivity index (χ4n) is 6.31. The van der Waals surface area contributed by atoms with Gasteiger partial charge in [0.15, 0.2) is 5.82 Å². The number of amides is 1. The summed E-state index contributed by atoms with van der Waals surface area (Å²) in [6.45, 7) is 12.2. The SMILES string of the molecule is C=CC(=O)N1C[C@H](C)N(c2nc(N3CC(N(C)C)C3)nc3c(F)c(-c4cc(O)cc5ccccc45)c(C)cc23)C[C@H]1C. The molecule has 2 fully saturated rings. The Bertz CT molecular complexity index is 1720. The van der Waals surface area contributed by atoms with E-state index < -0.39 is 5.82 Å². The molecule has 9 heteroatoms. The first-order valence-corrected chi connectivity index (χ1v) is 14.4. The highest BCUT2D eigenvalue weighted by Crippen LogP contribution is 2.41. The number of hydrogen-bond donors (Lipinski definition) is 1. The molecule has 0 spiro atoms. The maximum Gasteiger partial charge on any atom is 0.246 e. The van der Waals surface area contributed by atoms with Crippen LogP contribution in [0.5, 0.6) is 5.75 Å². The van der Waals surface area contributed by atoms with Crippen LogP contribution in [0.15, 0.2) is 55.1 Å². The van der Waals surface area contributed by atoms with E-state index in [-0.39, 0.29) is 29.3 Å². The van der Waals surface area contributed by atoms with Gasteiger partial charge in [0, 0.05) is 55.3 Å². The number of anilines is 2. The molecule has 218 valence electrons. The van der Waals surface area contributed by atoms with Gasteiger partial charge in [0.2, 0.25) is 11.9 Å². The van der Waals surface area contributed by atoms with Crippen LogP contribution in [0.2, 0.25) is 0 Å². The van der Waals surface area contributed by atoms with Gasteiger partial charge in [-0.2, -0.15) is 4.98 Å². The molecule has 42 heavy (non-hydrogen) atoms. The molecular formula is C33H37FN6O2. The zero-order chi connectivity index (χ0) is 29.9. The first kappa shape index (κ1) is 27.9. The number of hydrogen-bond acceptors (Lipinski definition) is 7. The first-order chi connectivity index (χ1) is 20.1. The second kappa shape index (κ2) is 10.5. The highest BCUT2D eigenvalue weighted by molar-refractivity contribution is 6.02. The van der Waals surface area contributed by atoms with E-state index in [0.29, 0.717) is 47.4 Å². The van der Waals surface area contributed by atoms with Crippen molar-refractivity contribution in [3.05, 3.63) is 66.5 Å². The number of likely N-dealkylation sites (N-methyl/N-ethyl adjacent to an activating group) is 1. The number of benzene rings is 3. The van der Waals surface area contributed by atoms with Crippen molar-refractivity contribution >= 4 is 39.3 Å². The van der Waals surface area contributed by atoms with Gasteiger partial charge in [-0.05, 0) is 81.0 Å². The van der Waals surface area contributed by atoms with Crippen LogP contribution in [-0.4, -0.2) is 89.2 Å². The largest absolute Gasteiger partial charge is 0.508 e. The quantitative estimate of drug-likeness (QED) is 0.341. The third-order valence-electron chi connectivity index (χ3n) is 8.80. The molecule has 2 aliphatic rings. The fraction of sp³-hybridized carbons (Fsp3) is 0.364. The minimum absolute atomic E-state index is 0.0555. The maximum atomic E-state index is 16.9. The minimum Gasteiger partial charge on any atom is -0.508 e. The van der Waals surface area contributed by atoms with E-state index in [1.165, 1.54) is 6.08 Å². The number of piperazine rings is 1.